The highest BCUT2D eigenvalue weighted by Gasteiger charge is 2.29. The number of nitrogens with one attached hydrogen (secondary N) is 1. The fourth-order valence-electron chi connectivity index (χ4n) is 5.22. The zero-order valence-corrected chi connectivity index (χ0v) is 20.9. The molecular formula is C29H31FN4O2. The van der Waals surface area contributed by atoms with Crippen LogP contribution in [0.5, 0.6) is 0 Å². The third-order valence-corrected chi connectivity index (χ3v) is 7.38. The number of hydrogen-bond donors (Lipinski definition) is 1. The molecule has 1 unspecified atom stereocenters. The zero-order valence-electron chi connectivity index (χ0n) is 20.9. The van der Waals surface area contributed by atoms with Gasteiger partial charge in [0.1, 0.15) is 5.82 Å². The number of carbonyl (C=O) groups is 1. The first-order valence-electron chi connectivity index (χ1n) is 12.3. The summed E-state index contributed by atoms with van der Waals surface area (Å²) in [5, 5.41) is 5.53. The first-order chi connectivity index (χ1) is 17.4. The first-order valence-corrected chi connectivity index (χ1v) is 12.3. The predicted molar refractivity (Wildman–Crippen MR) is 139 cm³/mol. The molecule has 0 bridgehead atoms. The number of H-pyrrole nitrogens is 1. The van der Waals surface area contributed by atoms with Crippen LogP contribution in [0.25, 0.3) is 17.0 Å². The van der Waals surface area contributed by atoms with Crippen LogP contribution in [0.1, 0.15) is 46.0 Å². The molecule has 186 valence electrons. The van der Waals surface area contributed by atoms with E-state index in [4.69, 9.17) is 4.74 Å². The van der Waals surface area contributed by atoms with E-state index in [-0.39, 0.29) is 11.8 Å². The number of aromatic nitrogens is 3. The number of aryl methyl sites for hydroxylation is 2. The molecule has 2 aromatic carbocycles. The molecule has 1 atom stereocenters. The van der Waals surface area contributed by atoms with Gasteiger partial charge >= 0.3 is 5.97 Å². The Morgan fingerprint density at radius 3 is 2.92 bits per heavy atom. The molecule has 7 heteroatoms. The molecule has 6 nitrogen and oxygen atoms in total. The van der Waals surface area contributed by atoms with E-state index in [2.05, 4.69) is 40.1 Å². The van der Waals surface area contributed by atoms with Gasteiger partial charge in [-0.1, -0.05) is 18.2 Å². The normalized spacial score (nSPS) is 15.3. The molecule has 0 amide bonds. The number of carbonyl (C=O) groups excluding carboxylic acids is 1. The SMILES string of the molecule is COC(=O)/C=C/c1ccc2c(c1)CCC2N(CCc1c[nH]c2cc(F)ccc12)Cc1cnn(C)c1C. The molecule has 5 rings (SSSR count). The molecular weight excluding hydrogens is 455 g/mol. The van der Waals surface area contributed by atoms with Crippen LogP contribution in [0.15, 0.2) is 54.9 Å². The number of methoxy groups -OCH3 is 1. The summed E-state index contributed by atoms with van der Waals surface area (Å²) in [5.41, 5.74) is 8.09. The Labute approximate surface area is 210 Å². The van der Waals surface area contributed by atoms with Crippen molar-refractivity contribution >= 4 is 22.9 Å². The Bertz CT molecular complexity index is 1430. The minimum Gasteiger partial charge on any atom is -0.466 e. The van der Waals surface area contributed by atoms with Gasteiger partial charge in [0, 0.05) is 60.6 Å². The van der Waals surface area contributed by atoms with Gasteiger partial charge < -0.3 is 9.72 Å². The Hall–Kier alpha value is -3.71. The summed E-state index contributed by atoms with van der Waals surface area (Å²) in [5.74, 6) is -0.584. The number of halogens is 1. The molecule has 0 fully saturated rings. The summed E-state index contributed by atoms with van der Waals surface area (Å²) in [6, 6.07) is 11.7. The molecule has 1 aliphatic carbocycles. The molecule has 0 spiro atoms. The van der Waals surface area contributed by atoms with Crippen molar-refractivity contribution in [3.8, 4) is 0 Å². The van der Waals surface area contributed by atoms with E-state index in [1.807, 2.05) is 30.2 Å². The van der Waals surface area contributed by atoms with E-state index in [1.165, 1.54) is 47.2 Å². The summed E-state index contributed by atoms with van der Waals surface area (Å²) >= 11 is 0. The van der Waals surface area contributed by atoms with Crippen molar-refractivity contribution in [2.75, 3.05) is 13.7 Å². The quantitative estimate of drug-likeness (QED) is 0.272. The molecule has 4 aromatic rings. The highest BCUT2D eigenvalue weighted by atomic mass is 19.1. The molecule has 2 heterocycles. The lowest BCUT2D eigenvalue weighted by Gasteiger charge is -2.30. The van der Waals surface area contributed by atoms with Gasteiger partial charge in [-0.05, 0) is 72.7 Å². The van der Waals surface area contributed by atoms with E-state index in [0.29, 0.717) is 6.04 Å². The zero-order chi connectivity index (χ0) is 25.2. The van der Waals surface area contributed by atoms with Gasteiger partial charge in [0.05, 0.1) is 13.3 Å². The third kappa shape index (κ3) is 4.84. The van der Waals surface area contributed by atoms with Crippen LogP contribution in [0.2, 0.25) is 0 Å². The number of fused-ring (bicyclic) bond motifs is 2. The topological polar surface area (TPSA) is 63.1 Å². The molecule has 0 saturated carbocycles. The van der Waals surface area contributed by atoms with Gasteiger partial charge in [-0.15, -0.1) is 0 Å². The number of ether oxygens (including phenoxy) is 1. The summed E-state index contributed by atoms with van der Waals surface area (Å²) in [7, 11) is 3.36. The average Bonchev–Trinajstić information content (AvgIpc) is 3.57. The molecule has 2 aromatic heterocycles. The van der Waals surface area contributed by atoms with Crippen LogP contribution in [0, 0.1) is 12.7 Å². The van der Waals surface area contributed by atoms with E-state index in [1.54, 1.807) is 12.1 Å². The van der Waals surface area contributed by atoms with Crippen molar-refractivity contribution < 1.29 is 13.9 Å². The second-order valence-electron chi connectivity index (χ2n) is 9.47. The smallest absolute Gasteiger partial charge is 0.330 e. The predicted octanol–water partition coefficient (Wildman–Crippen LogP) is 5.27. The monoisotopic (exact) mass is 486 g/mol. The maximum atomic E-state index is 13.7. The number of aromatic amines is 1. The molecule has 1 N–H and O–H groups in total. The van der Waals surface area contributed by atoms with Crippen LogP contribution < -0.4 is 0 Å². The standard InChI is InChI=1S/C29H31FN4O2/c1-19-23(17-32-33(19)2)18-34(13-12-22-16-31-27-15-24(30)7-9-25(22)27)28-10-6-21-14-20(4-8-26(21)28)5-11-29(35)36-3/h4-5,7-9,11,14-17,28,31H,6,10,12-13,18H2,1-3H3/b11-5+. The van der Waals surface area contributed by atoms with Crippen LogP contribution in [0.4, 0.5) is 4.39 Å². The Morgan fingerprint density at radius 1 is 1.28 bits per heavy atom. The van der Waals surface area contributed by atoms with Crippen molar-refractivity contribution in [2.24, 2.45) is 7.05 Å². The minimum absolute atomic E-state index is 0.229. The molecule has 0 radical (unpaired) electrons. The highest BCUT2D eigenvalue weighted by Crippen LogP contribution is 2.38. The number of rotatable bonds is 8. The Kier molecular flexibility index (Phi) is 6.74. The summed E-state index contributed by atoms with van der Waals surface area (Å²) in [6.45, 7) is 3.79. The second-order valence-corrected chi connectivity index (χ2v) is 9.47. The lowest BCUT2D eigenvalue weighted by atomic mass is 10.0. The summed E-state index contributed by atoms with van der Waals surface area (Å²) in [4.78, 5) is 17.3. The first kappa shape index (κ1) is 24.0. The van der Waals surface area contributed by atoms with Crippen molar-refractivity contribution in [1.82, 2.24) is 19.7 Å². The van der Waals surface area contributed by atoms with Gasteiger partial charge in [0.2, 0.25) is 0 Å². The largest absolute Gasteiger partial charge is 0.466 e. The van der Waals surface area contributed by atoms with Crippen molar-refractivity contribution in [3.05, 3.63) is 94.2 Å². The second kappa shape index (κ2) is 10.1. The third-order valence-electron chi connectivity index (χ3n) is 7.38. The van der Waals surface area contributed by atoms with Crippen molar-refractivity contribution in [3.63, 3.8) is 0 Å². The maximum Gasteiger partial charge on any atom is 0.330 e. The Balaban J connectivity index is 1.41. The van der Waals surface area contributed by atoms with E-state index in [9.17, 15) is 9.18 Å². The van der Waals surface area contributed by atoms with Crippen molar-refractivity contribution in [2.45, 2.75) is 38.8 Å². The summed E-state index contributed by atoms with van der Waals surface area (Å²) in [6.07, 6.45) is 10.1. The summed E-state index contributed by atoms with van der Waals surface area (Å²) < 4.78 is 20.3. The highest BCUT2D eigenvalue weighted by molar-refractivity contribution is 5.87. The van der Waals surface area contributed by atoms with Crippen LogP contribution >= 0.6 is 0 Å². The number of benzene rings is 2. The van der Waals surface area contributed by atoms with E-state index < -0.39 is 0 Å². The maximum absolute atomic E-state index is 13.7. The number of nitrogens with zero attached hydrogens (tertiary/aromatic N) is 3. The Morgan fingerprint density at radius 2 is 2.14 bits per heavy atom. The van der Waals surface area contributed by atoms with E-state index >= 15 is 0 Å². The van der Waals surface area contributed by atoms with Gasteiger partial charge in [-0.3, -0.25) is 9.58 Å². The number of esters is 1. The van der Waals surface area contributed by atoms with Crippen molar-refractivity contribution in [1.29, 1.82) is 0 Å². The van der Waals surface area contributed by atoms with Gasteiger partial charge in [0.25, 0.3) is 0 Å². The average molecular weight is 487 g/mol. The minimum atomic E-state index is -0.355. The van der Waals surface area contributed by atoms with Crippen LogP contribution in [-0.4, -0.2) is 39.3 Å². The van der Waals surface area contributed by atoms with Crippen LogP contribution in [-0.2, 0) is 36.0 Å². The van der Waals surface area contributed by atoms with E-state index in [0.717, 1.165) is 48.8 Å². The lowest BCUT2D eigenvalue weighted by molar-refractivity contribution is -0.134. The molecule has 0 aliphatic heterocycles. The molecule has 1 aliphatic rings. The lowest BCUT2D eigenvalue weighted by Crippen LogP contribution is -2.29. The molecule has 36 heavy (non-hydrogen) atoms. The fourth-order valence-corrected chi connectivity index (χ4v) is 5.22. The van der Waals surface area contributed by atoms with Crippen LogP contribution in [0.3, 0.4) is 0 Å². The van der Waals surface area contributed by atoms with Gasteiger partial charge in [-0.25, -0.2) is 9.18 Å². The molecule has 0 saturated heterocycles. The van der Waals surface area contributed by atoms with Gasteiger partial charge in [0.15, 0.2) is 0 Å². The number of hydrogen-bond acceptors (Lipinski definition) is 4. The fraction of sp³-hybridized carbons (Fsp3) is 0.310. The van der Waals surface area contributed by atoms with Gasteiger partial charge in [-0.2, -0.15) is 5.10 Å².